The van der Waals surface area contributed by atoms with Crippen molar-refractivity contribution in [2.75, 3.05) is 18.4 Å². The van der Waals surface area contributed by atoms with Crippen molar-refractivity contribution < 1.29 is 18.7 Å². The van der Waals surface area contributed by atoms with Crippen LogP contribution in [0.3, 0.4) is 0 Å². The summed E-state index contributed by atoms with van der Waals surface area (Å²) in [6.07, 6.45) is -0.114. The molecule has 1 aromatic rings. The lowest BCUT2D eigenvalue weighted by atomic mass is 9.88. The van der Waals surface area contributed by atoms with Crippen LogP contribution in [-0.2, 0) is 4.79 Å². The summed E-state index contributed by atoms with van der Waals surface area (Å²) in [5.41, 5.74) is -0.570. The van der Waals surface area contributed by atoms with Crippen LogP contribution in [-0.4, -0.2) is 29.7 Å². The van der Waals surface area contributed by atoms with Gasteiger partial charge in [-0.05, 0) is 12.1 Å². The third-order valence-electron chi connectivity index (χ3n) is 2.75. The Labute approximate surface area is 96.6 Å². The van der Waals surface area contributed by atoms with E-state index in [1.165, 1.54) is 6.07 Å². The van der Waals surface area contributed by atoms with Crippen LogP contribution in [0.1, 0.15) is 6.42 Å². The van der Waals surface area contributed by atoms with Crippen molar-refractivity contribution in [2.45, 2.75) is 12.0 Å². The summed E-state index contributed by atoms with van der Waals surface area (Å²) in [4.78, 5) is 10.7. The van der Waals surface area contributed by atoms with Crippen molar-refractivity contribution in [2.24, 2.45) is 0 Å². The largest absolute Gasteiger partial charge is 0.481 e. The molecule has 1 aromatic carbocycles. The topological polar surface area (TPSA) is 61.4 Å². The zero-order valence-electron chi connectivity index (χ0n) is 8.96. The lowest BCUT2D eigenvalue weighted by molar-refractivity contribution is -0.138. The van der Waals surface area contributed by atoms with Crippen LogP contribution >= 0.6 is 0 Å². The van der Waals surface area contributed by atoms with Crippen LogP contribution in [0.25, 0.3) is 0 Å². The molecular formula is C11H12F2N2O2. The van der Waals surface area contributed by atoms with E-state index in [2.05, 4.69) is 10.6 Å². The first-order valence-corrected chi connectivity index (χ1v) is 5.17. The second kappa shape index (κ2) is 4.29. The van der Waals surface area contributed by atoms with Gasteiger partial charge in [0.2, 0.25) is 0 Å². The van der Waals surface area contributed by atoms with Crippen LogP contribution in [0.4, 0.5) is 14.5 Å². The molecule has 1 aliphatic rings. The molecule has 0 saturated carbocycles. The van der Waals surface area contributed by atoms with E-state index in [1.54, 1.807) is 0 Å². The van der Waals surface area contributed by atoms with E-state index in [9.17, 15) is 13.6 Å². The number of nitrogens with one attached hydrogen (secondary N) is 2. The molecule has 0 aliphatic carbocycles. The van der Waals surface area contributed by atoms with Gasteiger partial charge in [-0.1, -0.05) is 0 Å². The van der Waals surface area contributed by atoms with E-state index in [1.807, 2.05) is 0 Å². The van der Waals surface area contributed by atoms with Crippen molar-refractivity contribution in [1.29, 1.82) is 0 Å². The molecule has 0 atom stereocenters. The molecule has 0 bridgehead atoms. The van der Waals surface area contributed by atoms with Gasteiger partial charge >= 0.3 is 5.97 Å². The monoisotopic (exact) mass is 242 g/mol. The molecule has 0 radical (unpaired) electrons. The van der Waals surface area contributed by atoms with E-state index in [4.69, 9.17) is 5.11 Å². The Bertz CT molecular complexity index is 447. The van der Waals surface area contributed by atoms with Gasteiger partial charge in [0.25, 0.3) is 0 Å². The van der Waals surface area contributed by atoms with Gasteiger partial charge in [0.05, 0.1) is 17.6 Å². The summed E-state index contributed by atoms with van der Waals surface area (Å²) in [6.45, 7) is 0.881. The lowest BCUT2D eigenvalue weighted by Crippen LogP contribution is -2.65. The molecule has 2 rings (SSSR count). The van der Waals surface area contributed by atoms with E-state index < -0.39 is 23.1 Å². The molecule has 92 valence electrons. The number of halogens is 2. The van der Waals surface area contributed by atoms with Crippen molar-refractivity contribution in [3.8, 4) is 0 Å². The van der Waals surface area contributed by atoms with Gasteiger partial charge in [-0.25, -0.2) is 8.78 Å². The first-order valence-electron chi connectivity index (χ1n) is 5.17. The average Bonchev–Trinajstić information content (AvgIpc) is 2.18. The summed E-state index contributed by atoms with van der Waals surface area (Å²) in [6, 6.07) is 3.17. The fraction of sp³-hybridized carbons (Fsp3) is 0.364. The molecule has 1 saturated heterocycles. The van der Waals surface area contributed by atoms with Crippen molar-refractivity contribution in [1.82, 2.24) is 5.32 Å². The Morgan fingerprint density at radius 1 is 1.47 bits per heavy atom. The maximum Gasteiger partial charge on any atom is 0.305 e. The number of hydrogen-bond acceptors (Lipinski definition) is 3. The van der Waals surface area contributed by atoms with Crippen LogP contribution in [0.5, 0.6) is 0 Å². The van der Waals surface area contributed by atoms with Gasteiger partial charge in [-0.15, -0.1) is 0 Å². The molecule has 1 fully saturated rings. The zero-order chi connectivity index (χ0) is 12.5. The maximum absolute atomic E-state index is 13.4. The Balaban J connectivity index is 2.15. The van der Waals surface area contributed by atoms with E-state index in [-0.39, 0.29) is 12.1 Å². The second-order valence-electron chi connectivity index (χ2n) is 4.20. The Hall–Kier alpha value is -1.69. The molecule has 1 aliphatic heterocycles. The highest BCUT2D eigenvalue weighted by Gasteiger charge is 2.39. The number of carboxylic acids is 1. The fourth-order valence-electron chi connectivity index (χ4n) is 1.85. The van der Waals surface area contributed by atoms with Crippen LogP contribution < -0.4 is 10.6 Å². The minimum absolute atomic E-state index is 0.114. The van der Waals surface area contributed by atoms with E-state index in [0.29, 0.717) is 13.1 Å². The highest BCUT2D eigenvalue weighted by Crippen LogP contribution is 2.25. The normalized spacial score (nSPS) is 17.3. The van der Waals surface area contributed by atoms with Gasteiger partial charge in [-0.3, -0.25) is 4.79 Å². The van der Waals surface area contributed by atoms with Crippen LogP contribution in [0.15, 0.2) is 18.2 Å². The molecule has 0 spiro atoms. The Kier molecular flexibility index (Phi) is 2.97. The first-order chi connectivity index (χ1) is 8.01. The molecule has 0 amide bonds. The third-order valence-corrected chi connectivity index (χ3v) is 2.75. The molecule has 17 heavy (non-hydrogen) atoms. The van der Waals surface area contributed by atoms with Crippen molar-refractivity contribution in [3.63, 3.8) is 0 Å². The maximum atomic E-state index is 13.4. The summed E-state index contributed by atoms with van der Waals surface area (Å²) in [5.74, 6) is -2.34. The fourth-order valence-corrected chi connectivity index (χ4v) is 1.85. The van der Waals surface area contributed by atoms with Gasteiger partial charge in [-0.2, -0.15) is 0 Å². The molecular weight excluding hydrogens is 230 g/mol. The quantitative estimate of drug-likeness (QED) is 0.742. The minimum Gasteiger partial charge on any atom is -0.481 e. The third kappa shape index (κ3) is 2.52. The number of benzene rings is 1. The SMILES string of the molecule is O=C(O)CC1(Nc2ccc(F)cc2F)CNC1. The number of anilines is 1. The highest BCUT2D eigenvalue weighted by molar-refractivity contribution is 5.70. The average molecular weight is 242 g/mol. The number of carbonyl (C=O) groups is 1. The summed E-state index contributed by atoms with van der Waals surface area (Å²) >= 11 is 0. The summed E-state index contributed by atoms with van der Waals surface area (Å²) < 4.78 is 26.1. The second-order valence-corrected chi connectivity index (χ2v) is 4.20. The molecule has 1 heterocycles. The Morgan fingerprint density at radius 2 is 2.18 bits per heavy atom. The number of hydrogen-bond donors (Lipinski definition) is 3. The molecule has 0 aromatic heterocycles. The van der Waals surface area contributed by atoms with Crippen LogP contribution in [0, 0.1) is 11.6 Å². The molecule has 4 nitrogen and oxygen atoms in total. The zero-order valence-corrected chi connectivity index (χ0v) is 8.96. The van der Waals surface area contributed by atoms with Crippen molar-refractivity contribution in [3.05, 3.63) is 29.8 Å². The number of aliphatic carboxylic acids is 1. The first kappa shape index (κ1) is 11.8. The number of carboxylic acid groups (broad SMARTS) is 1. The predicted octanol–water partition coefficient (Wildman–Crippen LogP) is 1.19. The van der Waals surface area contributed by atoms with Gasteiger partial charge in [0, 0.05) is 19.2 Å². The predicted molar refractivity (Wildman–Crippen MR) is 57.8 cm³/mol. The number of rotatable bonds is 4. The lowest BCUT2D eigenvalue weighted by Gasteiger charge is -2.43. The van der Waals surface area contributed by atoms with E-state index >= 15 is 0 Å². The smallest absolute Gasteiger partial charge is 0.305 e. The van der Waals surface area contributed by atoms with Gasteiger partial charge in [0.1, 0.15) is 11.6 Å². The molecule has 3 N–H and O–H groups in total. The summed E-state index contributed by atoms with van der Waals surface area (Å²) in [7, 11) is 0. The molecule has 0 unspecified atom stereocenters. The minimum atomic E-state index is -0.957. The molecule has 6 heteroatoms. The Morgan fingerprint density at radius 3 is 2.65 bits per heavy atom. The van der Waals surface area contributed by atoms with Gasteiger partial charge in [0.15, 0.2) is 0 Å². The highest BCUT2D eigenvalue weighted by atomic mass is 19.1. The van der Waals surface area contributed by atoms with Crippen LogP contribution in [0.2, 0.25) is 0 Å². The van der Waals surface area contributed by atoms with E-state index in [0.717, 1.165) is 12.1 Å². The summed E-state index contributed by atoms with van der Waals surface area (Å²) in [5, 5.41) is 14.6. The standard InChI is InChI=1S/C11H12F2N2O2/c12-7-1-2-9(8(13)3-7)15-11(4-10(16)17)5-14-6-11/h1-3,14-15H,4-6H2,(H,16,17). The van der Waals surface area contributed by atoms with Gasteiger partial charge < -0.3 is 15.7 Å². The van der Waals surface area contributed by atoms with Crippen molar-refractivity contribution >= 4 is 11.7 Å².